The highest BCUT2D eigenvalue weighted by Gasteiger charge is 2.34. The molecule has 0 radical (unpaired) electrons. The predicted octanol–water partition coefficient (Wildman–Crippen LogP) is 3.68. The molecular formula is C17H14BrNO2. The van der Waals surface area contributed by atoms with Crippen LogP contribution in [0.15, 0.2) is 53.0 Å². The number of nitrogens with zero attached hydrogens (tertiary/aromatic N) is 1. The molecule has 0 aromatic heterocycles. The minimum absolute atomic E-state index is 0.185. The highest BCUT2D eigenvalue weighted by molar-refractivity contribution is 9.10. The van der Waals surface area contributed by atoms with E-state index in [1.807, 2.05) is 18.2 Å². The molecule has 1 aliphatic heterocycles. The third-order valence-corrected chi connectivity index (χ3v) is 4.12. The topological polar surface area (TPSA) is 37.4 Å². The van der Waals surface area contributed by atoms with E-state index in [4.69, 9.17) is 0 Å². The first-order valence-electron chi connectivity index (χ1n) is 6.86. The molecule has 0 saturated heterocycles. The van der Waals surface area contributed by atoms with Gasteiger partial charge in [-0.3, -0.25) is 14.5 Å². The van der Waals surface area contributed by atoms with Gasteiger partial charge in [0.2, 0.25) is 0 Å². The lowest BCUT2D eigenvalue weighted by Crippen LogP contribution is -2.30. The minimum atomic E-state index is -0.190. The number of amides is 2. The average molecular weight is 344 g/mol. The fraction of sp³-hybridized carbons (Fsp3) is 0.176. The summed E-state index contributed by atoms with van der Waals surface area (Å²) < 4.78 is 0.813. The van der Waals surface area contributed by atoms with Crippen molar-refractivity contribution in [1.82, 2.24) is 4.90 Å². The Morgan fingerprint density at radius 3 is 2.38 bits per heavy atom. The Morgan fingerprint density at radius 1 is 0.905 bits per heavy atom. The molecular weight excluding hydrogens is 330 g/mol. The Hall–Kier alpha value is -1.94. The van der Waals surface area contributed by atoms with Gasteiger partial charge in [-0.25, -0.2) is 0 Å². The lowest BCUT2D eigenvalue weighted by molar-refractivity contribution is 0.0652. The van der Waals surface area contributed by atoms with Crippen molar-refractivity contribution in [3.05, 3.63) is 69.7 Å². The summed E-state index contributed by atoms with van der Waals surface area (Å²) in [5.41, 5.74) is 2.22. The highest BCUT2D eigenvalue weighted by Crippen LogP contribution is 2.26. The molecule has 0 unspecified atom stereocenters. The van der Waals surface area contributed by atoms with Gasteiger partial charge < -0.3 is 0 Å². The van der Waals surface area contributed by atoms with Crippen molar-refractivity contribution in [3.63, 3.8) is 0 Å². The van der Waals surface area contributed by atoms with Crippen molar-refractivity contribution >= 4 is 27.7 Å². The van der Waals surface area contributed by atoms with Crippen molar-refractivity contribution < 1.29 is 9.59 Å². The molecule has 2 aromatic carbocycles. The molecule has 0 spiro atoms. The summed E-state index contributed by atoms with van der Waals surface area (Å²) in [7, 11) is 0. The van der Waals surface area contributed by atoms with E-state index in [0.29, 0.717) is 17.7 Å². The minimum Gasteiger partial charge on any atom is -0.274 e. The standard InChI is InChI=1S/C17H14BrNO2/c18-13-8-9-14-15(11-13)17(21)19(16(14)20)10-4-7-12-5-2-1-3-6-12/h1-3,5-6,8-9,11H,4,7,10H2. The van der Waals surface area contributed by atoms with Crippen LogP contribution >= 0.6 is 15.9 Å². The zero-order valence-electron chi connectivity index (χ0n) is 11.4. The average Bonchev–Trinajstić information content (AvgIpc) is 2.73. The Kier molecular flexibility index (Phi) is 3.88. The van der Waals surface area contributed by atoms with Crippen molar-refractivity contribution in [3.8, 4) is 0 Å². The second-order valence-corrected chi connectivity index (χ2v) is 5.96. The van der Waals surface area contributed by atoms with Crippen LogP contribution in [0.2, 0.25) is 0 Å². The Labute approximate surface area is 131 Å². The molecule has 1 aliphatic rings. The quantitative estimate of drug-likeness (QED) is 0.794. The largest absolute Gasteiger partial charge is 0.274 e. The first-order chi connectivity index (χ1) is 10.2. The Bertz CT molecular complexity index is 697. The van der Waals surface area contributed by atoms with Gasteiger partial charge in [0.1, 0.15) is 0 Å². The summed E-state index contributed by atoms with van der Waals surface area (Å²) in [6.45, 7) is 0.457. The van der Waals surface area contributed by atoms with E-state index in [2.05, 4.69) is 28.1 Å². The van der Waals surface area contributed by atoms with Crippen LogP contribution in [0, 0.1) is 0 Å². The maximum absolute atomic E-state index is 12.3. The van der Waals surface area contributed by atoms with Gasteiger partial charge in [-0.2, -0.15) is 0 Å². The van der Waals surface area contributed by atoms with Crippen LogP contribution in [0.1, 0.15) is 32.7 Å². The summed E-state index contributed by atoms with van der Waals surface area (Å²) in [5, 5.41) is 0. The van der Waals surface area contributed by atoms with E-state index in [0.717, 1.165) is 17.3 Å². The molecule has 2 aromatic rings. The first-order valence-corrected chi connectivity index (χ1v) is 7.66. The van der Waals surface area contributed by atoms with Crippen LogP contribution in [-0.2, 0) is 6.42 Å². The number of benzene rings is 2. The molecule has 0 saturated carbocycles. The molecule has 106 valence electrons. The molecule has 1 heterocycles. The van der Waals surface area contributed by atoms with Crippen LogP contribution in [0.5, 0.6) is 0 Å². The van der Waals surface area contributed by atoms with Gasteiger partial charge in [0.25, 0.3) is 11.8 Å². The summed E-state index contributed by atoms with van der Waals surface area (Å²) >= 11 is 3.33. The molecule has 0 aliphatic carbocycles. The van der Waals surface area contributed by atoms with E-state index in [1.165, 1.54) is 10.5 Å². The number of aryl methyl sites for hydroxylation is 1. The van der Waals surface area contributed by atoms with Crippen LogP contribution in [0.4, 0.5) is 0 Å². The number of hydrogen-bond donors (Lipinski definition) is 0. The summed E-state index contributed by atoms with van der Waals surface area (Å²) in [6.07, 6.45) is 1.63. The van der Waals surface area contributed by atoms with Crippen LogP contribution in [0.25, 0.3) is 0 Å². The zero-order valence-corrected chi connectivity index (χ0v) is 13.0. The van der Waals surface area contributed by atoms with E-state index < -0.39 is 0 Å². The van der Waals surface area contributed by atoms with Crippen molar-refractivity contribution in [2.24, 2.45) is 0 Å². The molecule has 3 rings (SSSR count). The second-order valence-electron chi connectivity index (χ2n) is 5.04. The van der Waals surface area contributed by atoms with Gasteiger partial charge >= 0.3 is 0 Å². The third kappa shape index (κ3) is 2.76. The van der Waals surface area contributed by atoms with E-state index in [9.17, 15) is 9.59 Å². The lowest BCUT2D eigenvalue weighted by Gasteiger charge is -2.13. The van der Waals surface area contributed by atoms with E-state index in [-0.39, 0.29) is 11.8 Å². The number of rotatable bonds is 4. The van der Waals surface area contributed by atoms with Gasteiger partial charge in [0.15, 0.2) is 0 Å². The smallest absolute Gasteiger partial charge is 0.261 e. The number of halogens is 1. The highest BCUT2D eigenvalue weighted by atomic mass is 79.9. The summed E-state index contributed by atoms with van der Waals surface area (Å²) in [4.78, 5) is 25.9. The van der Waals surface area contributed by atoms with Crippen molar-refractivity contribution in [2.45, 2.75) is 12.8 Å². The number of imide groups is 1. The fourth-order valence-corrected chi connectivity index (χ4v) is 2.91. The predicted molar refractivity (Wildman–Crippen MR) is 84.3 cm³/mol. The van der Waals surface area contributed by atoms with Gasteiger partial charge in [0.05, 0.1) is 11.1 Å². The monoisotopic (exact) mass is 343 g/mol. The number of carbonyl (C=O) groups is 2. The zero-order chi connectivity index (χ0) is 14.8. The molecule has 0 bridgehead atoms. The molecule has 4 heteroatoms. The number of hydrogen-bond acceptors (Lipinski definition) is 2. The van der Waals surface area contributed by atoms with Gasteiger partial charge in [0, 0.05) is 11.0 Å². The van der Waals surface area contributed by atoms with Gasteiger partial charge in [-0.1, -0.05) is 46.3 Å². The molecule has 0 fully saturated rings. The molecule has 0 atom stereocenters. The normalized spacial score (nSPS) is 13.7. The van der Waals surface area contributed by atoms with Crippen LogP contribution < -0.4 is 0 Å². The van der Waals surface area contributed by atoms with Gasteiger partial charge in [-0.15, -0.1) is 0 Å². The maximum atomic E-state index is 12.3. The lowest BCUT2D eigenvalue weighted by atomic mass is 10.1. The maximum Gasteiger partial charge on any atom is 0.261 e. The summed E-state index contributed by atoms with van der Waals surface area (Å²) in [5.74, 6) is -0.375. The SMILES string of the molecule is O=C1c2ccc(Br)cc2C(=O)N1CCCc1ccccc1. The van der Waals surface area contributed by atoms with Crippen LogP contribution in [0.3, 0.4) is 0 Å². The molecule has 2 amide bonds. The van der Waals surface area contributed by atoms with Gasteiger partial charge in [-0.05, 0) is 36.6 Å². The Morgan fingerprint density at radius 2 is 1.62 bits per heavy atom. The molecule has 3 nitrogen and oxygen atoms in total. The van der Waals surface area contributed by atoms with E-state index >= 15 is 0 Å². The molecule has 21 heavy (non-hydrogen) atoms. The third-order valence-electron chi connectivity index (χ3n) is 3.62. The first kappa shape index (κ1) is 14.0. The molecule has 0 N–H and O–H groups in total. The number of carbonyl (C=O) groups excluding carboxylic acids is 2. The Balaban J connectivity index is 1.68. The number of fused-ring (bicyclic) bond motifs is 1. The van der Waals surface area contributed by atoms with Crippen LogP contribution in [-0.4, -0.2) is 23.3 Å². The summed E-state index contributed by atoms with van der Waals surface area (Å²) in [6, 6.07) is 15.3. The van der Waals surface area contributed by atoms with Crippen molar-refractivity contribution in [1.29, 1.82) is 0 Å². The fourth-order valence-electron chi connectivity index (χ4n) is 2.55. The van der Waals surface area contributed by atoms with Crippen molar-refractivity contribution in [2.75, 3.05) is 6.54 Å². The second kappa shape index (κ2) is 5.82. The van der Waals surface area contributed by atoms with E-state index in [1.54, 1.807) is 18.2 Å².